The van der Waals surface area contributed by atoms with Gasteiger partial charge in [-0.25, -0.2) is 0 Å². The highest BCUT2D eigenvalue weighted by molar-refractivity contribution is 6.23. The molecule has 11 aromatic rings. The van der Waals surface area contributed by atoms with E-state index in [1.165, 1.54) is 75.7 Å². The third-order valence-corrected chi connectivity index (χ3v) is 10.9. The summed E-state index contributed by atoms with van der Waals surface area (Å²) < 4.78 is 2.45. The van der Waals surface area contributed by atoms with Gasteiger partial charge in [-0.2, -0.15) is 0 Å². The average molecular weight is 661 g/mol. The van der Waals surface area contributed by atoms with Gasteiger partial charge < -0.3 is 9.47 Å². The van der Waals surface area contributed by atoms with Crippen molar-refractivity contribution in [2.75, 3.05) is 4.90 Å². The lowest BCUT2D eigenvalue weighted by atomic mass is 9.95. The molecule has 0 saturated carbocycles. The molecule has 0 amide bonds. The highest BCUT2D eigenvalue weighted by atomic mass is 15.2. The Balaban J connectivity index is 1.31. The largest absolute Gasteiger partial charge is 0.307 e. The molecule has 1 aromatic heterocycles. The van der Waals surface area contributed by atoms with E-state index < -0.39 is 0 Å². The molecule has 2 heteroatoms. The molecule has 0 aliphatic rings. The van der Waals surface area contributed by atoms with Crippen molar-refractivity contribution in [1.82, 2.24) is 4.57 Å². The fourth-order valence-electron chi connectivity index (χ4n) is 8.67. The lowest BCUT2D eigenvalue weighted by Crippen LogP contribution is -2.13. The van der Waals surface area contributed by atoms with Gasteiger partial charge in [-0.3, -0.25) is 0 Å². The zero-order chi connectivity index (χ0) is 34.2. The van der Waals surface area contributed by atoms with E-state index in [-0.39, 0.29) is 0 Å². The van der Waals surface area contributed by atoms with Crippen molar-refractivity contribution in [1.29, 1.82) is 0 Å². The predicted octanol–water partition coefficient (Wildman–Crippen LogP) is 14.0. The molecular formula is C50H32N2. The molecule has 0 N–H and O–H groups in total. The van der Waals surface area contributed by atoms with Gasteiger partial charge in [0.25, 0.3) is 0 Å². The molecule has 1 heterocycles. The summed E-state index contributed by atoms with van der Waals surface area (Å²) in [4.78, 5) is 2.53. The second kappa shape index (κ2) is 11.3. The van der Waals surface area contributed by atoms with Crippen LogP contribution in [0.15, 0.2) is 194 Å². The minimum absolute atomic E-state index is 1.13. The number of nitrogens with zero attached hydrogens (tertiary/aromatic N) is 2. The van der Waals surface area contributed by atoms with E-state index in [2.05, 4.69) is 204 Å². The topological polar surface area (TPSA) is 8.17 Å². The van der Waals surface area contributed by atoms with Gasteiger partial charge in [-0.1, -0.05) is 158 Å². The van der Waals surface area contributed by atoms with E-state index in [1.54, 1.807) is 0 Å². The maximum atomic E-state index is 2.53. The van der Waals surface area contributed by atoms with Crippen LogP contribution in [0, 0.1) is 0 Å². The van der Waals surface area contributed by atoms with E-state index in [1.807, 2.05) is 0 Å². The predicted molar refractivity (Wildman–Crippen MR) is 223 cm³/mol. The Labute approximate surface area is 301 Å². The Hall–Kier alpha value is -6.90. The number of hydrogen-bond acceptors (Lipinski definition) is 1. The summed E-state index contributed by atoms with van der Waals surface area (Å²) in [7, 11) is 0. The van der Waals surface area contributed by atoms with Crippen LogP contribution in [0.4, 0.5) is 17.1 Å². The first-order valence-electron chi connectivity index (χ1n) is 17.9. The van der Waals surface area contributed by atoms with Crippen LogP contribution in [0.5, 0.6) is 0 Å². The van der Waals surface area contributed by atoms with Crippen LogP contribution < -0.4 is 4.90 Å². The standard InChI is InChI=1S/C50H32N2/c1-2-16-35(17-3-1)51-46-25-11-10-22-43(46)45-24-13-27-48(50(45)51)52(49-32-34-15-5-7-19-37(34)38-20-8-9-21-42(38)49)47-26-12-23-39-41-29-28-33-14-4-6-18-36(33)40(41)30-31-44(39)47/h1-32H. The van der Waals surface area contributed by atoms with Gasteiger partial charge in [-0.05, 0) is 79.5 Å². The smallest absolute Gasteiger partial charge is 0.0782 e. The highest BCUT2D eigenvalue weighted by Gasteiger charge is 2.24. The number of anilines is 3. The molecule has 0 saturated heterocycles. The normalized spacial score (nSPS) is 11.8. The minimum Gasteiger partial charge on any atom is -0.307 e. The average Bonchev–Trinajstić information content (AvgIpc) is 3.56. The van der Waals surface area contributed by atoms with E-state index in [0.29, 0.717) is 0 Å². The van der Waals surface area contributed by atoms with Crippen LogP contribution in [0.25, 0.3) is 81.4 Å². The van der Waals surface area contributed by atoms with Crippen molar-refractivity contribution in [3.05, 3.63) is 194 Å². The molecule has 0 aliphatic heterocycles. The molecule has 11 rings (SSSR count). The van der Waals surface area contributed by atoms with Crippen molar-refractivity contribution < 1.29 is 0 Å². The number of benzene rings is 10. The SMILES string of the molecule is c1ccc(-n2c3ccccc3c3cccc(N(c4cc5ccccc5c5ccccc45)c4cccc5c4ccc4c6ccccc6ccc54)c32)cc1. The van der Waals surface area contributed by atoms with E-state index >= 15 is 0 Å². The number of aromatic nitrogens is 1. The van der Waals surface area contributed by atoms with Crippen molar-refractivity contribution in [2.24, 2.45) is 0 Å². The van der Waals surface area contributed by atoms with Crippen LogP contribution in [0.1, 0.15) is 0 Å². The Morgan fingerprint density at radius 1 is 0.288 bits per heavy atom. The summed E-state index contributed by atoms with van der Waals surface area (Å²) in [5.41, 5.74) is 6.93. The van der Waals surface area contributed by atoms with Gasteiger partial charge in [-0.15, -0.1) is 0 Å². The Morgan fingerprint density at radius 2 is 0.788 bits per heavy atom. The third kappa shape index (κ3) is 4.19. The third-order valence-electron chi connectivity index (χ3n) is 10.9. The lowest BCUT2D eigenvalue weighted by molar-refractivity contribution is 1.17. The van der Waals surface area contributed by atoms with Gasteiger partial charge in [0.05, 0.1) is 28.1 Å². The molecule has 0 radical (unpaired) electrons. The van der Waals surface area contributed by atoms with Gasteiger partial charge in [0, 0.05) is 27.2 Å². The lowest BCUT2D eigenvalue weighted by Gasteiger charge is -2.30. The summed E-state index contributed by atoms with van der Waals surface area (Å²) in [6.07, 6.45) is 0. The Bertz CT molecular complexity index is 3190. The quantitative estimate of drug-likeness (QED) is 0.171. The molecular weight excluding hydrogens is 629 g/mol. The Kier molecular flexibility index (Phi) is 6.28. The number of para-hydroxylation sites is 3. The highest BCUT2D eigenvalue weighted by Crippen LogP contribution is 2.49. The molecule has 10 aromatic carbocycles. The Morgan fingerprint density at radius 3 is 1.62 bits per heavy atom. The van der Waals surface area contributed by atoms with Gasteiger partial charge in [0.2, 0.25) is 0 Å². The van der Waals surface area contributed by atoms with E-state index in [0.717, 1.165) is 22.7 Å². The van der Waals surface area contributed by atoms with Crippen molar-refractivity contribution in [3.63, 3.8) is 0 Å². The monoisotopic (exact) mass is 660 g/mol. The van der Waals surface area contributed by atoms with Gasteiger partial charge in [0.15, 0.2) is 0 Å². The molecule has 0 unspecified atom stereocenters. The molecule has 0 aliphatic carbocycles. The van der Waals surface area contributed by atoms with Crippen LogP contribution >= 0.6 is 0 Å². The second-order valence-corrected chi connectivity index (χ2v) is 13.7. The summed E-state index contributed by atoms with van der Waals surface area (Å²) in [6.45, 7) is 0. The number of hydrogen-bond donors (Lipinski definition) is 0. The molecule has 242 valence electrons. The summed E-state index contributed by atoms with van der Waals surface area (Å²) >= 11 is 0. The first-order valence-corrected chi connectivity index (χ1v) is 17.9. The summed E-state index contributed by atoms with van der Waals surface area (Å²) in [6, 6.07) is 71.2. The first kappa shape index (κ1) is 28.9. The molecule has 2 nitrogen and oxygen atoms in total. The maximum Gasteiger partial charge on any atom is 0.0782 e. The zero-order valence-electron chi connectivity index (χ0n) is 28.4. The van der Waals surface area contributed by atoms with Crippen LogP contribution in [0.2, 0.25) is 0 Å². The fourth-order valence-corrected chi connectivity index (χ4v) is 8.67. The number of fused-ring (bicyclic) bond motifs is 11. The van der Waals surface area contributed by atoms with Crippen LogP contribution in [0.3, 0.4) is 0 Å². The van der Waals surface area contributed by atoms with Crippen molar-refractivity contribution >= 4 is 92.7 Å². The van der Waals surface area contributed by atoms with E-state index in [9.17, 15) is 0 Å². The van der Waals surface area contributed by atoms with Crippen molar-refractivity contribution in [3.8, 4) is 5.69 Å². The van der Waals surface area contributed by atoms with Crippen LogP contribution in [-0.4, -0.2) is 4.57 Å². The maximum absolute atomic E-state index is 2.53. The minimum atomic E-state index is 1.13. The van der Waals surface area contributed by atoms with Gasteiger partial charge in [0.1, 0.15) is 0 Å². The molecule has 52 heavy (non-hydrogen) atoms. The zero-order valence-corrected chi connectivity index (χ0v) is 28.4. The second-order valence-electron chi connectivity index (χ2n) is 13.7. The van der Waals surface area contributed by atoms with Crippen molar-refractivity contribution in [2.45, 2.75) is 0 Å². The molecule has 0 fully saturated rings. The molecule has 0 atom stereocenters. The number of rotatable bonds is 4. The molecule has 0 bridgehead atoms. The van der Waals surface area contributed by atoms with Gasteiger partial charge >= 0.3 is 0 Å². The molecule has 0 spiro atoms. The summed E-state index contributed by atoms with van der Waals surface area (Å²) in [5.74, 6) is 0. The summed E-state index contributed by atoms with van der Waals surface area (Å²) in [5, 5.41) is 14.9. The first-order chi connectivity index (χ1) is 25.8. The van der Waals surface area contributed by atoms with E-state index in [4.69, 9.17) is 0 Å². The van der Waals surface area contributed by atoms with Crippen LogP contribution in [-0.2, 0) is 0 Å². The fraction of sp³-hybridized carbons (Fsp3) is 0.